The van der Waals surface area contributed by atoms with Gasteiger partial charge in [-0.15, -0.1) is 0 Å². The number of hydrogen-bond acceptors (Lipinski definition) is 3. The number of nitrogens with zero attached hydrogens (tertiary/aromatic N) is 2. The van der Waals surface area contributed by atoms with Crippen molar-refractivity contribution in [2.45, 2.75) is 26.3 Å². The number of aromatic nitrogens is 1. The summed E-state index contributed by atoms with van der Waals surface area (Å²) in [4.78, 5) is 29.9. The van der Waals surface area contributed by atoms with Crippen molar-refractivity contribution in [3.63, 3.8) is 0 Å². The first-order valence-electron chi connectivity index (χ1n) is 7.53. The van der Waals surface area contributed by atoms with Gasteiger partial charge in [0, 0.05) is 37.6 Å². The van der Waals surface area contributed by atoms with E-state index in [1.54, 1.807) is 14.1 Å². The highest BCUT2D eigenvalue weighted by Gasteiger charge is 2.19. The molecule has 0 aliphatic carbocycles. The molecule has 1 atom stereocenters. The minimum atomic E-state index is -0.266. The lowest BCUT2D eigenvalue weighted by Crippen LogP contribution is -2.40. The van der Waals surface area contributed by atoms with Crippen LogP contribution in [0.5, 0.6) is 0 Å². The second-order valence-electron chi connectivity index (χ2n) is 5.60. The lowest BCUT2D eigenvalue weighted by atomic mass is 10.1. The second-order valence-corrected chi connectivity index (χ2v) is 5.60. The molecule has 0 bridgehead atoms. The van der Waals surface area contributed by atoms with Crippen LogP contribution in [0.3, 0.4) is 0 Å². The maximum atomic E-state index is 12.4. The van der Waals surface area contributed by atoms with Crippen LogP contribution in [0.1, 0.15) is 19.0 Å². The van der Waals surface area contributed by atoms with E-state index in [9.17, 15) is 9.59 Å². The molecule has 0 radical (unpaired) electrons. The third-order valence-corrected chi connectivity index (χ3v) is 3.84. The molecule has 0 aliphatic rings. The summed E-state index contributed by atoms with van der Waals surface area (Å²) in [6.45, 7) is 3.75. The Bertz CT molecular complexity index is 730. The van der Waals surface area contributed by atoms with Crippen LogP contribution >= 0.6 is 0 Å². The largest absolute Gasteiger partial charge is 0.359 e. The summed E-state index contributed by atoms with van der Waals surface area (Å²) in [5.41, 5.74) is 2.31. The fraction of sp³-hybridized carbons (Fsp3) is 0.353. The number of amides is 3. The van der Waals surface area contributed by atoms with Gasteiger partial charge in [0.05, 0.1) is 11.2 Å². The van der Waals surface area contributed by atoms with Gasteiger partial charge in [-0.3, -0.25) is 9.78 Å². The summed E-state index contributed by atoms with van der Waals surface area (Å²) in [6.07, 6.45) is 0.257. The van der Waals surface area contributed by atoms with E-state index >= 15 is 0 Å². The highest BCUT2D eigenvalue weighted by molar-refractivity contribution is 5.99. The van der Waals surface area contributed by atoms with Crippen molar-refractivity contribution in [1.29, 1.82) is 0 Å². The average molecular weight is 314 g/mol. The van der Waals surface area contributed by atoms with E-state index in [2.05, 4.69) is 15.6 Å². The van der Waals surface area contributed by atoms with Gasteiger partial charge in [0.15, 0.2) is 0 Å². The smallest absolute Gasteiger partial charge is 0.321 e. The predicted molar refractivity (Wildman–Crippen MR) is 91.4 cm³/mol. The molecule has 0 spiro atoms. The van der Waals surface area contributed by atoms with Crippen LogP contribution in [0.15, 0.2) is 30.3 Å². The molecule has 0 saturated carbocycles. The fourth-order valence-corrected chi connectivity index (χ4v) is 2.26. The van der Waals surface area contributed by atoms with Gasteiger partial charge in [-0.25, -0.2) is 4.79 Å². The molecule has 1 aromatic carbocycles. The van der Waals surface area contributed by atoms with Crippen molar-refractivity contribution < 1.29 is 9.59 Å². The van der Waals surface area contributed by atoms with Crippen LogP contribution in [0.2, 0.25) is 0 Å². The van der Waals surface area contributed by atoms with E-state index in [-0.39, 0.29) is 24.4 Å². The monoisotopic (exact) mass is 314 g/mol. The summed E-state index contributed by atoms with van der Waals surface area (Å²) in [7, 11) is 3.26. The highest BCUT2D eigenvalue weighted by atomic mass is 16.2. The molecule has 2 N–H and O–H groups in total. The first kappa shape index (κ1) is 16.7. The Balaban J connectivity index is 2.17. The molecule has 3 amide bonds. The summed E-state index contributed by atoms with van der Waals surface area (Å²) in [6, 6.07) is 9.09. The number of hydrogen-bond donors (Lipinski definition) is 2. The molecular weight excluding hydrogens is 292 g/mol. The first-order chi connectivity index (χ1) is 10.9. The number of anilines is 1. The normalized spacial score (nSPS) is 11.8. The van der Waals surface area contributed by atoms with E-state index in [0.29, 0.717) is 5.69 Å². The molecule has 0 fully saturated rings. The Morgan fingerprint density at radius 2 is 2.00 bits per heavy atom. The Hall–Kier alpha value is -2.63. The lowest BCUT2D eigenvalue weighted by Gasteiger charge is -2.24. The van der Waals surface area contributed by atoms with Gasteiger partial charge in [0.1, 0.15) is 0 Å². The zero-order valence-corrected chi connectivity index (χ0v) is 13.9. The molecule has 1 aromatic heterocycles. The lowest BCUT2D eigenvalue weighted by molar-refractivity contribution is -0.121. The summed E-state index contributed by atoms with van der Waals surface area (Å²) >= 11 is 0. The van der Waals surface area contributed by atoms with Crippen LogP contribution in [0.25, 0.3) is 10.9 Å². The van der Waals surface area contributed by atoms with Crippen molar-refractivity contribution >= 4 is 28.5 Å². The molecule has 0 unspecified atom stereocenters. The van der Waals surface area contributed by atoms with Crippen LogP contribution in [0.4, 0.5) is 10.5 Å². The van der Waals surface area contributed by atoms with Gasteiger partial charge < -0.3 is 15.5 Å². The number of pyridine rings is 1. The quantitative estimate of drug-likeness (QED) is 0.910. The van der Waals surface area contributed by atoms with E-state index in [1.807, 2.05) is 44.2 Å². The molecule has 2 rings (SSSR count). The number of carbonyl (C=O) groups excluding carboxylic acids is 2. The van der Waals surface area contributed by atoms with Crippen LogP contribution in [-0.2, 0) is 4.79 Å². The molecule has 6 heteroatoms. The maximum Gasteiger partial charge on any atom is 0.321 e. The zero-order chi connectivity index (χ0) is 17.0. The third kappa shape index (κ3) is 3.97. The van der Waals surface area contributed by atoms with Crippen molar-refractivity contribution in [2.75, 3.05) is 19.4 Å². The van der Waals surface area contributed by atoms with Gasteiger partial charge in [0.2, 0.25) is 5.91 Å². The minimum Gasteiger partial charge on any atom is -0.359 e. The molecule has 2 aromatic rings. The van der Waals surface area contributed by atoms with Gasteiger partial charge in [-0.2, -0.15) is 0 Å². The van der Waals surface area contributed by atoms with Crippen LogP contribution in [0, 0.1) is 6.92 Å². The Kier molecular flexibility index (Phi) is 5.16. The summed E-state index contributed by atoms with van der Waals surface area (Å²) in [5.74, 6) is -0.0976. The number of carbonyl (C=O) groups is 2. The Morgan fingerprint density at radius 1 is 1.26 bits per heavy atom. The number of aryl methyl sites for hydroxylation is 1. The first-order valence-corrected chi connectivity index (χ1v) is 7.53. The molecule has 23 heavy (non-hydrogen) atoms. The number of benzene rings is 1. The summed E-state index contributed by atoms with van der Waals surface area (Å²) in [5, 5.41) is 6.41. The highest BCUT2D eigenvalue weighted by Crippen LogP contribution is 2.22. The molecule has 0 saturated heterocycles. The van der Waals surface area contributed by atoms with Crippen LogP contribution in [-0.4, -0.2) is 42.0 Å². The van der Waals surface area contributed by atoms with E-state index in [4.69, 9.17) is 0 Å². The molecule has 0 aliphatic heterocycles. The van der Waals surface area contributed by atoms with E-state index in [0.717, 1.165) is 16.6 Å². The topological polar surface area (TPSA) is 74.3 Å². The Labute approximate surface area is 135 Å². The number of nitrogens with one attached hydrogen (secondary N) is 2. The predicted octanol–water partition coefficient (Wildman–Crippen LogP) is 2.53. The third-order valence-electron chi connectivity index (χ3n) is 3.84. The number of fused-ring (bicyclic) bond motifs is 1. The fourth-order valence-electron chi connectivity index (χ4n) is 2.26. The van der Waals surface area contributed by atoms with Crippen molar-refractivity contribution in [1.82, 2.24) is 15.2 Å². The number of rotatable bonds is 4. The molecule has 1 heterocycles. The standard InChI is InChI=1S/C17H22N4O2/c1-11-8-9-13-6-5-7-14(16(13)19-11)20-17(23)21(4)12(2)10-15(22)18-3/h5-9,12H,10H2,1-4H3,(H,18,22)(H,20,23)/t12-/m0/s1. The zero-order valence-electron chi connectivity index (χ0n) is 13.9. The summed E-state index contributed by atoms with van der Waals surface area (Å²) < 4.78 is 0. The minimum absolute atomic E-state index is 0.0976. The van der Waals surface area contributed by atoms with Gasteiger partial charge >= 0.3 is 6.03 Å². The van der Waals surface area contributed by atoms with Crippen LogP contribution < -0.4 is 10.6 Å². The Morgan fingerprint density at radius 3 is 2.70 bits per heavy atom. The number of urea groups is 1. The van der Waals surface area contributed by atoms with Gasteiger partial charge in [0.25, 0.3) is 0 Å². The second kappa shape index (κ2) is 7.09. The average Bonchev–Trinajstić information content (AvgIpc) is 2.54. The molecular formula is C17H22N4O2. The van der Waals surface area contributed by atoms with Crippen molar-refractivity contribution in [3.8, 4) is 0 Å². The van der Waals surface area contributed by atoms with E-state index in [1.165, 1.54) is 4.90 Å². The van der Waals surface area contributed by atoms with E-state index < -0.39 is 0 Å². The van der Waals surface area contributed by atoms with Gasteiger partial charge in [-0.05, 0) is 26.0 Å². The SMILES string of the molecule is CNC(=O)C[C@H](C)N(C)C(=O)Nc1cccc2ccc(C)nc12. The van der Waals surface area contributed by atoms with Gasteiger partial charge in [-0.1, -0.05) is 18.2 Å². The van der Waals surface area contributed by atoms with Crippen molar-refractivity contribution in [3.05, 3.63) is 36.0 Å². The molecule has 6 nitrogen and oxygen atoms in total. The molecule has 122 valence electrons. The van der Waals surface area contributed by atoms with Crippen molar-refractivity contribution in [2.24, 2.45) is 0 Å². The number of para-hydroxylation sites is 1. The maximum absolute atomic E-state index is 12.4.